The Bertz CT molecular complexity index is 872. The van der Waals surface area contributed by atoms with Gasteiger partial charge < -0.3 is 0 Å². The third kappa shape index (κ3) is 2.72. The normalized spacial score (nSPS) is 10.5. The summed E-state index contributed by atoms with van der Waals surface area (Å²) in [6.45, 7) is 0. The van der Waals surface area contributed by atoms with Crippen molar-refractivity contribution in [1.29, 1.82) is 0 Å². The lowest BCUT2D eigenvalue weighted by Crippen LogP contribution is -1.92. The summed E-state index contributed by atoms with van der Waals surface area (Å²) in [6, 6.07) is 33.5. The van der Waals surface area contributed by atoms with Crippen molar-refractivity contribution in [2.45, 2.75) is 0 Å². The first-order valence-electron chi connectivity index (χ1n) is 8.09. The number of nitrogens with zero attached hydrogens (tertiary/aromatic N) is 1. The van der Waals surface area contributed by atoms with Crippen LogP contribution in [0.5, 0.6) is 0 Å². The molecular formula is C23H17N. The summed E-state index contributed by atoms with van der Waals surface area (Å²) >= 11 is 0. The quantitative estimate of drug-likeness (QED) is 0.447. The fourth-order valence-corrected chi connectivity index (χ4v) is 3.06. The molecule has 0 saturated carbocycles. The van der Waals surface area contributed by atoms with Crippen LogP contribution in [0.1, 0.15) is 0 Å². The molecule has 1 nitrogen and oxygen atoms in total. The Balaban J connectivity index is 2.02. The number of rotatable bonds is 3. The van der Waals surface area contributed by atoms with E-state index in [1.54, 1.807) is 0 Å². The van der Waals surface area contributed by atoms with Crippen LogP contribution in [0.3, 0.4) is 0 Å². The van der Waals surface area contributed by atoms with Crippen LogP contribution in [0.2, 0.25) is 0 Å². The molecule has 0 N–H and O–H groups in total. The van der Waals surface area contributed by atoms with Crippen molar-refractivity contribution >= 4 is 0 Å². The van der Waals surface area contributed by atoms with E-state index in [4.69, 9.17) is 0 Å². The molecule has 0 bridgehead atoms. The second kappa shape index (κ2) is 6.51. The number of hydrogen-bond acceptors (Lipinski definition) is 1. The number of aromatic nitrogens is 1. The highest BCUT2D eigenvalue weighted by atomic mass is 14.7. The van der Waals surface area contributed by atoms with Crippen LogP contribution in [-0.2, 0) is 0 Å². The standard InChI is InChI=1S/C23H17N/c1-3-10-18(11-4-1)20-14-9-15-21(19-12-5-2-6-13-19)23(20)22-16-7-8-17-24-22/h1-17H. The predicted molar refractivity (Wildman–Crippen MR) is 101 cm³/mol. The van der Waals surface area contributed by atoms with Gasteiger partial charge >= 0.3 is 0 Å². The lowest BCUT2D eigenvalue weighted by Gasteiger charge is -2.15. The van der Waals surface area contributed by atoms with Crippen LogP contribution in [0.4, 0.5) is 0 Å². The molecule has 0 aliphatic rings. The van der Waals surface area contributed by atoms with Gasteiger partial charge in [0.25, 0.3) is 0 Å². The molecule has 24 heavy (non-hydrogen) atoms. The van der Waals surface area contributed by atoms with E-state index in [1.165, 1.54) is 27.8 Å². The number of hydrogen-bond donors (Lipinski definition) is 0. The molecule has 3 aromatic carbocycles. The molecule has 114 valence electrons. The van der Waals surface area contributed by atoms with Crippen LogP contribution in [-0.4, -0.2) is 4.98 Å². The molecule has 1 heteroatoms. The van der Waals surface area contributed by atoms with Gasteiger partial charge in [0.15, 0.2) is 0 Å². The van der Waals surface area contributed by atoms with Crippen molar-refractivity contribution in [1.82, 2.24) is 4.98 Å². The second-order valence-electron chi connectivity index (χ2n) is 5.68. The van der Waals surface area contributed by atoms with E-state index in [0.29, 0.717) is 0 Å². The molecule has 0 radical (unpaired) electrons. The van der Waals surface area contributed by atoms with E-state index >= 15 is 0 Å². The second-order valence-corrected chi connectivity index (χ2v) is 5.68. The Kier molecular flexibility index (Phi) is 3.91. The van der Waals surface area contributed by atoms with Crippen molar-refractivity contribution in [3.05, 3.63) is 103 Å². The van der Waals surface area contributed by atoms with Gasteiger partial charge in [-0.15, -0.1) is 0 Å². The highest BCUT2D eigenvalue weighted by molar-refractivity contribution is 5.93. The fourth-order valence-electron chi connectivity index (χ4n) is 3.06. The zero-order chi connectivity index (χ0) is 16.2. The van der Waals surface area contributed by atoms with E-state index < -0.39 is 0 Å². The minimum absolute atomic E-state index is 0.996. The average Bonchev–Trinajstić information content (AvgIpc) is 2.69. The minimum atomic E-state index is 0.996. The van der Waals surface area contributed by atoms with Crippen LogP contribution in [0.25, 0.3) is 33.5 Å². The maximum absolute atomic E-state index is 4.62. The van der Waals surface area contributed by atoms with Gasteiger partial charge in [0, 0.05) is 11.8 Å². The lowest BCUT2D eigenvalue weighted by molar-refractivity contribution is 1.33. The summed E-state index contributed by atoms with van der Waals surface area (Å²) in [5, 5.41) is 0. The zero-order valence-electron chi connectivity index (χ0n) is 13.3. The van der Waals surface area contributed by atoms with Gasteiger partial charge in [0.05, 0.1) is 5.69 Å². The third-order valence-corrected chi connectivity index (χ3v) is 4.16. The molecule has 0 amide bonds. The summed E-state index contributed by atoms with van der Waals surface area (Å²) in [4.78, 5) is 4.62. The Labute approximate surface area is 142 Å². The molecule has 1 heterocycles. The van der Waals surface area contributed by atoms with E-state index in [0.717, 1.165) is 5.69 Å². The monoisotopic (exact) mass is 307 g/mol. The van der Waals surface area contributed by atoms with Crippen molar-refractivity contribution in [3.63, 3.8) is 0 Å². The van der Waals surface area contributed by atoms with Crippen LogP contribution >= 0.6 is 0 Å². The van der Waals surface area contributed by atoms with Gasteiger partial charge in [-0.1, -0.05) is 84.9 Å². The van der Waals surface area contributed by atoms with Gasteiger partial charge in [-0.25, -0.2) is 0 Å². The Morgan fingerprint density at radius 3 is 1.50 bits per heavy atom. The van der Waals surface area contributed by atoms with Crippen molar-refractivity contribution in [2.75, 3.05) is 0 Å². The van der Waals surface area contributed by atoms with Gasteiger partial charge in [-0.3, -0.25) is 4.98 Å². The molecule has 4 rings (SSSR count). The SMILES string of the molecule is c1ccc(-c2cccc(-c3ccccc3)c2-c2ccccn2)cc1. The molecule has 0 unspecified atom stereocenters. The predicted octanol–water partition coefficient (Wildman–Crippen LogP) is 6.08. The summed E-state index contributed by atoms with van der Waals surface area (Å²) in [7, 11) is 0. The lowest BCUT2D eigenvalue weighted by atomic mass is 9.90. The molecule has 0 fully saturated rings. The third-order valence-electron chi connectivity index (χ3n) is 4.16. The van der Waals surface area contributed by atoms with E-state index in [-0.39, 0.29) is 0 Å². The summed E-state index contributed by atoms with van der Waals surface area (Å²) in [6.07, 6.45) is 1.85. The molecule has 1 aromatic heterocycles. The smallest absolute Gasteiger partial charge is 0.0714 e. The molecule has 0 spiro atoms. The van der Waals surface area contributed by atoms with E-state index in [1.807, 2.05) is 30.5 Å². The van der Waals surface area contributed by atoms with Crippen molar-refractivity contribution in [2.24, 2.45) is 0 Å². The number of benzene rings is 3. The molecule has 0 saturated heterocycles. The van der Waals surface area contributed by atoms with Gasteiger partial charge in [0.1, 0.15) is 0 Å². The molecule has 0 aliphatic carbocycles. The van der Waals surface area contributed by atoms with Gasteiger partial charge in [-0.05, 0) is 34.4 Å². The average molecular weight is 307 g/mol. The van der Waals surface area contributed by atoms with E-state index in [2.05, 4.69) is 77.8 Å². The summed E-state index contributed by atoms with van der Waals surface area (Å²) in [5.41, 5.74) is 6.99. The summed E-state index contributed by atoms with van der Waals surface area (Å²) in [5.74, 6) is 0. The highest BCUT2D eigenvalue weighted by Crippen LogP contribution is 2.38. The van der Waals surface area contributed by atoms with Crippen LogP contribution < -0.4 is 0 Å². The topological polar surface area (TPSA) is 12.9 Å². The zero-order valence-corrected chi connectivity index (χ0v) is 13.3. The van der Waals surface area contributed by atoms with E-state index in [9.17, 15) is 0 Å². The van der Waals surface area contributed by atoms with Crippen LogP contribution in [0, 0.1) is 0 Å². The van der Waals surface area contributed by atoms with Gasteiger partial charge in [-0.2, -0.15) is 0 Å². The molecule has 4 aromatic rings. The maximum atomic E-state index is 4.62. The Morgan fingerprint density at radius 1 is 0.458 bits per heavy atom. The molecule has 0 atom stereocenters. The fraction of sp³-hybridized carbons (Fsp3) is 0. The molecule has 0 aliphatic heterocycles. The first-order chi connectivity index (χ1) is 11.9. The highest BCUT2D eigenvalue weighted by Gasteiger charge is 2.14. The van der Waals surface area contributed by atoms with Gasteiger partial charge in [0.2, 0.25) is 0 Å². The molecular weight excluding hydrogens is 290 g/mol. The van der Waals surface area contributed by atoms with Crippen LogP contribution in [0.15, 0.2) is 103 Å². The van der Waals surface area contributed by atoms with Crippen molar-refractivity contribution in [3.8, 4) is 33.5 Å². The van der Waals surface area contributed by atoms with Crippen molar-refractivity contribution < 1.29 is 0 Å². The maximum Gasteiger partial charge on any atom is 0.0714 e. The Hall–Kier alpha value is -3.19. The Morgan fingerprint density at radius 2 is 1.00 bits per heavy atom. The summed E-state index contributed by atoms with van der Waals surface area (Å²) < 4.78 is 0. The number of pyridine rings is 1. The largest absolute Gasteiger partial charge is 0.256 e. The minimum Gasteiger partial charge on any atom is -0.256 e. The first-order valence-corrected chi connectivity index (χ1v) is 8.09. The first kappa shape index (κ1) is 14.4.